The van der Waals surface area contributed by atoms with E-state index in [2.05, 4.69) is 20.1 Å². The van der Waals surface area contributed by atoms with Crippen LogP contribution < -0.4 is 15.4 Å². The Morgan fingerprint density at radius 3 is 2.17 bits per heavy atom. The largest absolute Gasteiger partial charge is 0.416 e. The molecule has 4 rings (SSSR count). The van der Waals surface area contributed by atoms with Crippen molar-refractivity contribution >= 4 is 29.5 Å². The summed E-state index contributed by atoms with van der Waals surface area (Å²) in [4.78, 5) is 39.4. The van der Waals surface area contributed by atoms with Crippen molar-refractivity contribution in [2.24, 2.45) is 15.9 Å². The van der Waals surface area contributed by atoms with Gasteiger partial charge >= 0.3 is 18.4 Å². The van der Waals surface area contributed by atoms with E-state index in [0.717, 1.165) is 0 Å². The fraction of sp³-hybridized carbons (Fsp3) is 0.333. The van der Waals surface area contributed by atoms with Crippen molar-refractivity contribution in [1.82, 2.24) is 14.9 Å². The topological polar surface area (TPSA) is 126 Å². The van der Waals surface area contributed by atoms with Crippen molar-refractivity contribution in [3.63, 3.8) is 0 Å². The zero-order valence-corrected chi connectivity index (χ0v) is 24.6. The molecule has 1 saturated heterocycles. The summed E-state index contributed by atoms with van der Waals surface area (Å²) in [6, 6.07) is 5.86. The molecule has 1 aliphatic rings. The molecule has 2 heterocycles. The van der Waals surface area contributed by atoms with E-state index in [9.17, 15) is 36.0 Å². The molecule has 1 fully saturated rings. The van der Waals surface area contributed by atoms with Gasteiger partial charge in [0.05, 0.1) is 17.2 Å². The molecule has 2 N–H and O–H groups in total. The average Bonchev–Trinajstić information content (AvgIpc) is 3.46. The quantitative estimate of drug-likeness (QED) is 0.151. The van der Waals surface area contributed by atoms with E-state index in [1.807, 2.05) is 6.92 Å². The van der Waals surface area contributed by atoms with Gasteiger partial charge in [-0.25, -0.2) is 14.8 Å². The first-order chi connectivity index (χ1) is 21.8. The standard InChI is InChI=1S/C30H29F6N7O3/c1-3-24-11-25(17-43(24)28(44)46-26-6-4-23(41-45)5-7-26)42(27-39-14-20(15-40-27)19(12-37)13-38-2)16-18-8-21(29(31,32)33)10-22(9-18)30(34,35)36/h4-10,12-15,24-25H,3,11,16-17,37H2,1-2H3/t24-,25+/m1/s1. The summed E-state index contributed by atoms with van der Waals surface area (Å²) >= 11 is 0. The Hall–Kier alpha value is -5.02. The minimum atomic E-state index is -5.04. The summed E-state index contributed by atoms with van der Waals surface area (Å²) < 4.78 is 87.4. The highest BCUT2D eigenvalue weighted by atomic mass is 19.4. The van der Waals surface area contributed by atoms with Crippen LogP contribution in [0.3, 0.4) is 0 Å². The highest BCUT2D eigenvalue weighted by molar-refractivity contribution is 6.09. The molecule has 16 heteroatoms. The van der Waals surface area contributed by atoms with E-state index in [-0.39, 0.29) is 42.0 Å². The molecule has 1 aliphatic heterocycles. The van der Waals surface area contributed by atoms with Crippen molar-refractivity contribution in [3.8, 4) is 5.75 Å². The van der Waals surface area contributed by atoms with Crippen LogP contribution in [0.5, 0.6) is 5.75 Å². The van der Waals surface area contributed by atoms with Crippen LogP contribution in [-0.4, -0.2) is 52.9 Å². The van der Waals surface area contributed by atoms with Gasteiger partial charge in [0.15, 0.2) is 0 Å². The predicted octanol–water partition coefficient (Wildman–Crippen LogP) is 6.97. The maximum absolute atomic E-state index is 13.7. The fourth-order valence-corrected chi connectivity index (χ4v) is 5.10. The van der Waals surface area contributed by atoms with Crippen LogP contribution in [0.25, 0.3) is 5.57 Å². The average molecular weight is 650 g/mol. The molecule has 2 aromatic carbocycles. The van der Waals surface area contributed by atoms with E-state index in [1.165, 1.54) is 65.9 Å². The molecular weight excluding hydrogens is 620 g/mol. The van der Waals surface area contributed by atoms with Crippen molar-refractivity contribution in [2.75, 3.05) is 18.5 Å². The van der Waals surface area contributed by atoms with Gasteiger partial charge in [-0.1, -0.05) is 6.92 Å². The maximum Gasteiger partial charge on any atom is 0.416 e. The Morgan fingerprint density at radius 1 is 1.07 bits per heavy atom. The van der Waals surface area contributed by atoms with Gasteiger partial charge < -0.3 is 20.3 Å². The number of nitrogens with zero attached hydrogens (tertiary/aromatic N) is 6. The second kappa shape index (κ2) is 14.0. The minimum absolute atomic E-state index is 0.00202. The number of alkyl halides is 6. The van der Waals surface area contributed by atoms with Gasteiger partial charge in [-0.05, 0) is 66.0 Å². The van der Waals surface area contributed by atoms with Crippen LogP contribution in [0.1, 0.15) is 42.0 Å². The maximum atomic E-state index is 13.7. The second-order valence-electron chi connectivity index (χ2n) is 10.4. The molecule has 2 atom stereocenters. The van der Waals surface area contributed by atoms with Crippen LogP contribution in [0.15, 0.2) is 71.2 Å². The molecule has 0 radical (unpaired) electrons. The predicted molar refractivity (Wildman–Crippen MR) is 158 cm³/mol. The lowest BCUT2D eigenvalue weighted by Gasteiger charge is -2.30. The molecule has 1 amide bonds. The van der Waals surface area contributed by atoms with Crippen LogP contribution >= 0.6 is 0 Å². The van der Waals surface area contributed by atoms with Crippen LogP contribution in [0.2, 0.25) is 0 Å². The minimum Gasteiger partial charge on any atom is -0.410 e. The summed E-state index contributed by atoms with van der Waals surface area (Å²) in [5.74, 6) is 0.154. The molecule has 0 unspecified atom stereocenters. The molecule has 0 aliphatic carbocycles. The van der Waals surface area contributed by atoms with E-state index in [1.54, 1.807) is 0 Å². The van der Waals surface area contributed by atoms with E-state index < -0.39 is 48.2 Å². The third-order valence-corrected chi connectivity index (χ3v) is 7.36. The molecule has 46 heavy (non-hydrogen) atoms. The van der Waals surface area contributed by atoms with Crippen molar-refractivity contribution in [3.05, 3.63) is 88.2 Å². The zero-order chi connectivity index (χ0) is 33.6. The summed E-state index contributed by atoms with van der Waals surface area (Å²) in [5.41, 5.74) is 3.55. The lowest BCUT2D eigenvalue weighted by atomic mass is 10.0. The first-order valence-electron chi connectivity index (χ1n) is 13.9. The number of halogens is 6. The lowest BCUT2D eigenvalue weighted by molar-refractivity contribution is -0.143. The molecule has 10 nitrogen and oxygen atoms in total. The van der Waals surface area contributed by atoms with E-state index in [4.69, 9.17) is 10.5 Å². The summed E-state index contributed by atoms with van der Waals surface area (Å²) in [5, 5.41) is 2.79. The number of anilines is 1. The van der Waals surface area contributed by atoms with Crippen molar-refractivity contribution < 1.29 is 35.9 Å². The smallest absolute Gasteiger partial charge is 0.410 e. The van der Waals surface area contributed by atoms with Gasteiger partial charge in [-0.15, -0.1) is 4.91 Å². The van der Waals surface area contributed by atoms with Gasteiger partial charge in [-0.3, -0.25) is 4.99 Å². The summed E-state index contributed by atoms with van der Waals surface area (Å²) in [7, 11) is 1.53. The molecule has 0 bridgehead atoms. The third-order valence-electron chi connectivity index (χ3n) is 7.36. The van der Waals surface area contributed by atoms with Crippen LogP contribution in [0, 0.1) is 4.91 Å². The number of carbonyl (C=O) groups is 1. The fourth-order valence-electron chi connectivity index (χ4n) is 5.10. The third kappa shape index (κ3) is 7.97. The summed E-state index contributed by atoms with van der Waals surface area (Å²) in [6.07, 6.45) is -4.50. The number of allylic oxidation sites excluding steroid dienone is 1. The van der Waals surface area contributed by atoms with Gasteiger partial charge in [0, 0.05) is 62.1 Å². The molecule has 244 valence electrons. The van der Waals surface area contributed by atoms with Gasteiger partial charge in [0.1, 0.15) is 11.4 Å². The molecular formula is C30H29F6N7O3. The number of aromatic nitrogens is 2. The highest BCUT2D eigenvalue weighted by Crippen LogP contribution is 2.37. The Balaban J connectivity index is 1.71. The van der Waals surface area contributed by atoms with Crippen molar-refractivity contribution in [1.29, 1.82) is 0 Å². The second-order valence-corrected chi connectivity index (χ2v) is 10.4. The number of carbonyl (C=O) groups excluding carboxylic acids is 1. The SMILES string of the molecule is CC[C@@H]1C[C@H](N(Cc2cc(C(F)(F)F)cc(C(F)(F)F)c2)c2ncc(C(C=NC)=CN)cn2)CN1C(=O)Oc1ccc(N=O)cc1. The Labute approximate surface area is 259 Å². The normalized spacial score (nSPS) is 17.4. The van der Waals surface area contributed by atoms with E-state index >= 15 is 0 Å². The number of amides is 1. The zero-order valence-electron chi connectivity index (χ0n) is 24.6. The van der Waals surface area contributed by atoms with Crippen LogP contribution in [0.4, 0.5) is 42.8 Å². The number of nitrogens with two attached hydrogens (primary N) is 1. The number of aliphatic imine (C=N–C) groups is 1. The summed E-state index contributed by atoms with van der Waals surface area (Å²) in [6.45, 7) is 1.39. The first-order valence-corrected chi connectivity index (χ1v) is 13.9. The number of likely N-dealkylation sites (tertiary alicyclic amines) is 1. The van der Waals surface area contributed by atoms with Gasteiger partial charge in [0.25, 0.3) is 0 Å². The van der Waals surface area contributed by atoms with Gasteiger partial charge in [-0.2, -0.15) is 26.3 Å². The number of rotatable bonds is 9. The van der Waals surface area contributed by atoms with E-state index in [0.29, 0.717) is 29.7 Å². The number of hydrogen-bond donors (Lipinski definition) is 1. The molecule has 3 aromatic rings. The Morgan fingerprint density at radius 2 is 1.67 bits per heavy atom. The number of ether oxygens (including phenoxy) is 1. The monoisotopic (exact) mass is 649 g/mol. The number of benzene rings is 2. The van der Waals surface area contributed by atoms with Crippen molar-refractivity contribution in [2.45, 2.75) is 50.7 Å². The molecule has 0 spiro atoms. The van der Waals surface area contributed by atoms with Gasteiger partial charge in [0.2, 0.25) is 5.95 Å². The first kappa shape index (κ1) is 33.9. The number of nitroso groups, excluding NO2 is 1. The Bertz CT molecular complexity index is 1560. The molecule has 0 saturated carbocycles. The number of hydrogen-bond acceptors (Lipinski definition) is 9. The molecule has 1 aromatic heterocycles. The Kier molecular flexibility index (Phi) is 10.3. The van der Waals surface area contributed by atoms with Crippen LogP contribution in [-0.2, 0) is 18.9 Å². The highest BCUT2D eigenvalue weighted by Gasteiger charge is 2.41. The lowest BCUT2D eigenvalue weighted by Crippen LogP contribution is -2.41.